The molecule has 2 aromatic rings. The Balaban J connectivity index is 2.24. The quantitative estimate of drug-likeness (QED) is 0.453. The van der Waals surface area contributed by atoms with E-state index in [9.17, 15) is 10.2 Å². The number of rotatable bonds is 4. The third kappa shape index (κ3) is 2.55. The van der Waals surface area contributed by atoms with Crippen LogP contribution in [0.25, 0.3) is 11.2 Å². The van der Waals surface area contributed by atoms with Crippen LogP contribution in [0.1, 0.15) is 13.3 Å². The first-order valence-corrected chi connectivity index (χ1v) is 5.97. The van der Waals surface area contributed by atoms with Gasteiger partial charge in [-0.2, -0.15) is 4.98 Å². The van der Waals surface area contributed by atoms with E-state index >= 15 is 0 Å². The molecule has 2 aromatic heterocycles. The molecule has 2 atom stereocenters. The number of aromatic nitrogens is 4. The number of fused-ring (bicyclic) bond motifs is 1. The number of thiol groups is 1. The number of nitrogen functional groups attached to an aromatic ring is 1. The first-order valence-electron chi connectivity index (χ1n) is 5.52. The Labute approximate surface area is 109 Å². The van der Waals surface area contributed by atoms with E-state index < -0.39 is 12.2 Å². The minimum Gasteiger partial charge on any atom is -0.391 e. The number of imidazole rings is 1. The van der Waals surface area contributed by atoms with Gasteiger partial charge in [0.1, 0.15) is 10.5 Å². The van der Waals surface area contributed by atoms with Gasteiger partial charge in [0.2, 0.25) is 5.95 Å². The Morgan fingerprint density at radius 1 is 1.44 bits per heavy atom. The maximum atomic E-state index is 9.55. The molecule has 7 nitrogen and oxygen atoms in total. The molecule has 2 rings (SSSR count). The molecule has 2 unspecified atom stereocenters. The number of hydrogen-bond donors (Lipinski definition) is 4. The Hall–Kier alpha value is -1.38. The van der Waals surface area contributed by atoms with Gasteiger partial charge >= 0.3 is 0 Å². The fourth-order valence-corrected chi connectivity index (χ4v) is 1.88. The van der Waals surface area contributed by atoms with Crippen molar-refractivity contribution in [2.75, 3.05) is 5.73 Å². The highest BCUT2D eigenvalue weighted by Crippen LogP contribution is 2.18. The largest absolute Gasteiger partial charge is 0.391 e. The van der Waals surface area contributed by atoms with Crippen molar-refractivity contribution in [1.29, 1.82) is 0 Å². The van der Waals surface area contributed by atoms with Crippen molar-refractivity contribution in [2.45, 2.75) is 37.1 Å². The van der Waals surface area contributed by atoms with Crippen LogP contribution in [0.15, 0.2) is 11.4 Å². The average molecular weight is 269 g/mol. The molecule has 0 amide bonds. The van der Waals surface area contributed by atoms with Gasteiger partial charge in [0.15, 0.2) is 5.65 Å². The fraction of sp³-hybridized carbons (Fsp3) is 0.500. The summed E-state index contributed by atoms with van der Waals surface area (Å²) < 4.78 is 1.75. The normalized spacial score (nSPS) is 14.9. The van der Waals surface area contributed by atoms with Crippen LogP contribution in [0.4, 0.5) is 5.95 Å². The van der Waals surface area contributed by atoms with Crippen LogP contribution in [-0.4, -0.2) is 41.9 Å². The molecule has 0 saturated carbocycles. The number of hydrogen-bond acceptors (Lipinski definition) is 7. The van der Waals surface area contributed by atoms with E-state index in [0.29, 0.717) is 29.2 Å². The predicted octanol–water partition coefficient (Wildman–Crippen LogP) is -0.171. The first kappa shape index (κ1) is 13.1. The Bertz CT molecular complexity index is 556. The van der Waals surface area contributed by atoms with E-state index in [1.165, 1.54) is 0 Å². The van der Waals surface area contributed by atoms with E-state index in [0.717, 1.165) is 0 Å². The molecular formula is C10H15N5O2S. The molecule has 4 N–H and O–H groups in total. The molecule has 0 fully saturated rings. The summed E-state index contributed by atoms with van der Waals surface area (Å²) in [7, 11) is 0. The lowest BCUT2D eigenvalue weighted by molar-refractivity contribution is 0.0238. The van der Waals surface area contributed by atoms with Crippen molar-refractivity contribution in [3.63, 3.8) is 0 Å². The number of nitrogens with zero attached hydrogens (tertiary/aromatic N) is 4. The van der Waals surface area contributed by atoms with E-state index in [-0.39, 0.29) is 5.95 Å². The first-order chi connectivity index (χ1) is 8.49. The highest BCUT2D eigenvalue weighted by molar-refractivity contribution is 7.80. The van der Waals surface area contributed by atoms with Gasteiger partial charge in [0.05, 0.1) is 18.5 Å². The molecule has 8 heteroatoms. The van der Waals surface area contributed by atoms with E-state index in [1.807, 2.05) is 0 Å². The summed E-state index contributed by atoms with van der Waals surface area (Å²) in [5.74, 6) is 0.130. The Morgan fingerprint density at radius 2 is 2.17 bits per heavy atom. The second kappa shape index (κ2) is 5.09. The van der Waals surface area contributed by atoms with Gasteiger partial charge in [-0.25, -0.2) is 9.97 Å². The summed E-state index contributed by atoms with van der Waals surface area (Å²) >= 11 is 4.18. The second-order valence-corrected chi connectivity index (χ2v) is 4.54. The Kier molecular flexibility index (Phi) is 3.69. The molecule has 0 aliphatic rings. The molecule has 0 aromatic carbocycles. The van der Waals surface area contributed by atoms with Gasteiger partial charge in [-0.3, -0.25) is 0 Å². The highest BCUT2D eigenvalue weighted by atomic mass is 32.1. The summed E-state index contributed by atoms with van der Waals surface area (Å²) in [6.45, 7) is 2.02. The Morgan fingerprint density at radius 3 is 2.83 bits per heavy atom. The predicted molar refractivity (Wildman–Crippen MR) is 69.3 cm³/mol. The molecule has 18 heavy (non-hydrogen) atoms. The monoisotopic (exact) mass is 269 g/mol. The fourth-order valence-electron chi connectivity index (χ4n) is 1.62. The summed E-state index contributed by atoms with van der Waals surface area (Å²) in [5, 5.41) is 19.2. The molecule has 2 heterocycles. The van der Waals surface area contributed by atoms with Crippen molar-refractivity contribution in [1.82, 2.24) is 19.5 Å². The van der Waals surface area contributed by atoms with E-state index in [4.69, 9.17) is 5.73 Å². The molecule has 0 bridgehead atoms. The average Bonchev–Trinajstić information content (AvgIpc) is 2.69. The lowest BCUT2D eigenvalue weighted by atomic mass is 10.1. The van der Waals surface area contributed by atoms with Crippen LogP contribution in [0.2, 0.25) is 0 Å². The second-order valence-electron chi connectivity index (χ2n) is 4.11. The maximum absolute atomic E-state index is 9.55. The molecular weight excluding hydrogens is 254 g/mol. The van der Waals surface area contributed by atoms with Crippen molar-refractivity contribution in [3.8, 4) is 0 Å². The number of aliphatic hydroxyl groups is 2. The van der Waals surface area contributed by atoms with Crippen LogP contribution in [0.3, 0.4) is 0 Å². The van der Waals surface area contributed by atoms with Crippen molar-refractivity contribution in [3.05, 3.63) is 6.33 Å². The van der Waals surface area contributed by atoms with Crippen molar-refractivity contribution in [2.24, 2.45) is 0 Å². The third-order valence-corrected chi connectivity index (χ3v) is 3.00. The third-order valence-electron chi connectivity index (χ3n) is 2.69. The summed E-state index contributed by atoms with van der Waals surface area (Å²) in [6.07, 6.45) is 0.444. The SMILES string of the molecule is CC(O)C(O)CCn1cnc2c(S)nc(N)nc21. The molecule has 0 spiro atoms. The standard InChI is InChI=1S/C10H15N5O2S/c1-5(16)6(17)2-3-15-4-12-7-8(15)13-10(11)14-9(7)18/h4-6,16-17H,2-3H2,1H3,(H3,11,13,14,18). The van der Waals surface area contributed by atoms with Gasteiger partial charge in [-0.05, 0) is 13.3 Å². The van der Waals surface area contributed by atoms with E-state index in [1.54, 1.807) is 17.8 Å². The molecule has 0 radical (unpaired) electrons. The molecule has 0 saturated heterocycles. The smallest absolute Gasteiger partial charge is 0.223 e. The van der Waals surface area contributed by atoms with Crippen molar-refractivity contribution < 1.29 is 10.2 Å². The molecule has 98 valence electrons. The lowest BCUT2D eigenvalue weighted by Crippen LogP contribution is -2.23. The minimum absolute atomic E-state index is 0.130. The van der Waals surface area contributed by atoms with Crippen LogP contribution < -0.4 is 5.73 Å². The number of aliphatic hydroxyl groups excluding tert-OH is 2. The summed E-state index contributed by atoms with van der Waals surface area (Å²) in [5.41, 5.74) is 6.70. The van der Waals surface area contributed by atoms with E-state index in [2.05, 4.69) is 27.6 Å². The van der Waals surface area contributed by atoms with Gasteiger partial charge in [-0.1, -0.05) is 0 Å². The summed E-state index contributed by atoms with van der Waals surface area (Å²) in [4.78, 5) is 12.1. The van der Waals surface area contributed by atoms with Crippen LogP contribution in [0.5, 0.6) is 0 Å². The zero-order chi connectivity index (χ0) is 13.3. The van der Waals surface area contributed by atoms with Gasteiger partial charge in [0, 0.05) is 6.54 Å². The lowest BCUT2D eigenvalue weighted by Gasteiger charge is -2.13. The van der Waals surface area contributed by atoms with Gasteiger partial charge < -0.3 is 20.5 Å². The van der Waals surface area contributed by atoms with Crippen LogP contribution in [0, 0.1) is 0 Å². The molecule has 0 aliphatic carbocycles. The van der Waals surface area contributed by atoms with Crippen LogP contribution >= 0.6 is 12.6 Å². The van der Waals surface area contributed by atoms with Gasteiger partial charge in [-0.15, -0.1) is 12.6 Å². The van der Waals surface area contributed by atoms with Crippen molar-refractivity contribution >= 4 is 29.7 Å². The minimum atomic E-state index is -0.780. The summed E-state index contributed by atoms with van der Waals surface area (Å²) in [6, 6.07) is 0. The topological polar surface area (TPSA) is 110 Å². The van der Waals surface area contributed by atoms with Crippen LogP contribution in [-0.2, 0) is 6.54 Å². The number of nitrogens with two attached hydrogens (primary N) is 1. The zero-order valence-electron chi connectivity index (χ0n) is 9.85. The zero-order valence-corrected chi connectivity index (χ0v) is 10.7. The number of anilines is 1. The van der Waals surface area contributed by atoms with Gasteiger partial charge in [0.25, 0.3) is 0 Å². The number of aryl methyl sites for hydroxylation is 1. The molecule has 0 aliphatic heterocycles. The highest BCUT2D eigenvalue weighted by Gasteiger charge is 2.13. The maximum Gasteiger partial charge on any atom is 0.223 e.